The number of benzene rings is 2. The van der Waals surface area contributed by atoms with Crippen LogP contribution < -0.4 is 5.32 Å². The van der Waals surface area contributed by atoms with E-state index in [-0.39, 0.29) is 17.7 Å². The molecule has 0 saturated carbocycles. The average Bonchev–Trinajstić information content (AvgIpc) is 2.53. The normalized spacial score (nSPS) is 9.24. The van der Waals surface area contributed by atoms with E-state index in [1.165, 1.54) is 18.2 Å². The van der Waals surface area contributed by atoms with Crippen molar-refractivity contribution in [2.75, 3.05) is 5.32 Å². The van der Waals surface area contributed by atoms with Crippen LogP contribution in [0.2, 0.25) is 0 Å². The molecule has 21 heavy (non-hydrogen) atoms. The Labute approximate surface area is 121 Å². The van der Waals surface area contributed by atoms with Gasteiger partial charge in [0.25, 0.3) is 0 Å². The fourth-order valence-corrected chi connectivity index (χ4v) is 1.80. The standard InChI is InChI=1S/C16H9FN4/c17-16-5-11(7-18)1-2-13(16)10-21-15-4-3-12(8-19)14(6-15)9-20/h1-6,21H,10H2. The first-order valence-corrected chi connectivity index (χ1v) is 6.04. The zero-order valence-corrected chi connectivity index (χ0v) is 10.9. The fraction of sp³-hybridized carbons (Fsp3) is 0.0625. The van der Waals surface area contributed by atoms with Crippen LogP contribution in [0.25, 0.3) is 0 Å². The van der Waals surface area contributed by atoms with Gasteiger partial charge in [0.05, 0.1) is 22.8 Å². The van der Waals surface area contributed by atoms with Gasteiger partial charge < -0.3 is 5.32 Å². The maximum absolute atomic E-state index is 13.7. The molecule has 0 spiro atoms. The predicted molar refractivity (Wildman–Crippen MR) is 74.3 cm³/mol. The average molecular weight is 276 g/mol. The summed E-state index contributed by atoms with van der Waals surface area (Å²) in [7, 11) is 0. The summed E-state index contributed by atoms with van der Waals surface area (Å²) in [6, 6.07) is 14.7. The molecule has 0 bridgehead atoms. The van der Waals surface area contributed by atoms with Crippen molar-refractivity contribution in [2.24, 2.45) is 0 Å². The van der Waals surface area contributed by atoms with E-state index in [1.54, 1.807) is 18.2 Å². The highest BCUT2D eigenvalue weighted by Gasteiger charge is 2.05. The second kappa shape index (κ2) is 6.19. The molecule has 4 nitrogen and oxygen atoms in total. The van der Waals surface area contributed by atoms with E-state index in [4.69, 9.17) is 15.8 Å². The molecule has 2 aromatic rings. The molecule has 0 aliphatic rings. The largest absolute Gasteiger partial charge is 0.381 e. The van der Waals surface area contributed by atoms with E-state index in [0.29, 0.717) is 16.8 Å². The third-order valence-corrected chi connectivity index (χ3v) is 2.93. The van der Waals surface area contributed by atoms with Gasteiger partial charge in [-0.3, -0.25) is 0 Å². The molecule has 100 valence electrons. The van der Waals surface area contributed by atoms with Gasteiger partial charge in [0.15, 0.2) is 0 Å². The quantitative estimate of drug-likeness (QED) is 0.933. The van der Waals surface area contributed by atoms with E-state index in [1.807, 2.05) is 18.2 Å². The Balaban J connectivity index is 2.16. The molecule has 0 amide bonds. The van der Waals surface area contributed by atoms with E-state index in [0.717, 1.165) is 0 Å². The molecular weight excluding hydrogens is 267 g/mol. The molecule has 0 radical (unpaired) electrons. The van der Waals surface area contributed by atoms with Crippen molar-refractivity contribution >= 4 is 5.69 Å². The summed E-state index contributed by atoms with van der Waals surface area (Å²) in [6.45, 7) is 0.217. The van der Waals surface area contributed by atoms with E-state index in [9.17, 15) is 4.39 Å². The number of hydrogen-bond acceptors (Lipinski definition) is 4. The molecule has 0 aliphatic carbocycles. The fourth-order valence-electron chi connectivity index (χ4n) is 1.80. The minimum atomic E-state index is -0.462. The van der Waals surface area contributed by atoms with Gasteiger partial charge in [-0.15, -0.1) is 0 Å². The summed E-state index contributed by atoms with van der Waals surface area (Å²) in [6.07, 6.45) is 0. The molecule has 0 aromatic heterocycles. The van der Waals surface area contributed by atoms with Gasteiger partial charge in [-0.05, 0) is 30.3 Å². The smallest absolute Gasteiger partial charge is 0.129 e. The number of hydrogen-bond donors (Lipinski definition) is 1. The molecule has 0 heterocycles. The van der Waals surface area contributed by atoms with Crippen LogP contribution in [0.15, 0.2) is 36.4 Å². The van der Waals surface area contributed by atoms with Crippen molar-refractivity contribution in [2.45, 2.75) is 6.54 Å². The van der Waals surface area contributed by atoms with Crippen LogP contribution in [0.4, 0.5) is 10.1 Å². The Morgan fingerprint density at radius 1 is 0.905 bits per heavy atom. The summed E-state index contributed by atoms with van der Waals surface area (Å²) >= 11 is 0. The summed E-state index contributed by atoms with van der Waals surface area (Å²) in [5.41, 5.74) is 1.86. The minimum Gasteiger partial charge on any atom is -0.381 e. The Morgan fingerprint density at radius 2 is 1.67 bits per heavy atom. The van der Waals surface area contributed by atoms with Crippen LogP contribution in [0.3, 0.4) is 0 Å². The minimum absolute atomic E-state index is 0.217. The molecule has 2 rings (SSSR count). The molecule has 0 atom stereocenters. The first kappa shape index (κ1) is 14.1. The van der Waals surface area contributed by atoms with Crippen LogP contribution >= 0.6 is 0 Å². The highest BCUT2D eigenvalue weighted by atomic mass is 19.1. The second-order valence-electron chi connectivity index (χ2n) is 4.26. The first-order chi connectivity index (χ1) is 10.2. The number of nitrogens with one attached hydrogen (secondary N) is 1. The van der Waals surface area contributed by atoms with Crippen molar-refractivity contribution in [3.8, 4) is 18.2 Å². The van der Waals surface area contributed by atoms with Gasteiger partial charge in [-0.25, -0.2) is 4.39 Å². The summed E-state index contributed by atoms with van der Waals surface area (Å²) in [5.74, 6) is -0.462. The van der Waals surface area contributed by atoms with Crippen molar-refractivity contribution in [1.82, 2.24) is 0 Å². The third-order valence-electron chi connectivity index (χ3n) is 2.93. The Bertz CT molecular complexity index is 806. The van der Waals surface area contributed by atoms with Gasteiger partial charge in [0.2, 0.25) is 0 Å². The van der Waals surface area contributed by atoms with Gasteiger partial charge in [0, 0.05) is 17.8 Å². The van der Waals surface area contributed by atoms with Gasteiger partial charge in [-0.2, -0.15) is 15.8 Å². The number of halogens is 1. The van der Waals surface area contributed by atoms with Crippen LogP contribution in [-0.2, 0) is 6.54 Å². The molecule has 0 unspecified atom stereocenters. The van der Waals surface area contributed by atoms with Crippen molar-refractivity contribution in [1.29, 1.82) is 15.8 Å². The molecular formula is C16H9FN4. The summed E-state index contributed by atoms with van der Waals surface area (Å²) in [5, 5.41) is 29.4. The number of rotatable bonds is 3. The Morgan fingerprint density at radius 3 is 2.29 bits per heavy atom. The van der Waals surface area contributed by atoms with E-state index < -0.39 is 5.82 Å². The van der Waals surface area contributed by atoms with Crippen LogP contribution in [0.5, 0.6) is 0 Å². The molecule has 1 N–H and O–H groups in total. The number of nitrogens with zero attached hydrogens (tertiary/aromatic N) is 3. The molecule has 0 saturated heterocycles. The lowest BCUT2D eigenvalue weighted by Crippen LogP contribution is -2.02. The lowest BCUT2D eigenvalue weighted by molar-refractivity contribution is 0.612. The Hall–Kier alpha value is -3.36. The maximum atomic E-state index is 13.7. The monoisotopic (exact) mass is 276 g/mol. The number of nitriles is 3. The number of anilines is 1. The third kappa shape index (κ3) is 3.15. The highest BCUT2D eigenvalue weighted by Crippen LogP contribution is 2.17. The molecule has 0 fully saturated rings. The van der Waals surface area contributed by atoms with Crippen molar-refractivity contribution in [3.63, 3.8) is 0 Å². The first-order valence-electron chi connectivity index (χ1n) is 6.04. The molecule has 0 aliphatic heterocycles. The van der Waals surface area contributed by atoms with Crippen molar-refractivity contribution in [3.05, 3.63) is 64.5 Å². The van der Waals surface area contributed by atoms with Gasteiger partial charge >= 0.3 is 0 Å². The van der Waals surface area contributed by atoms with E-state index in [2.05, 4.69) is 5.32 Å². The van der Waals surface area contributed by atoms with Gasteiger partial charge in [-0.1, -0.05) is 6.07 Å². The predicted octanol–water partition coefficient (Wildman–Crippen LogP) is 3.05. The van der Waals surface area contributed by atoms with Crippen LogP contribution in [-0.4, -0.2) is 0 Å². The lowest BCUT2D eigenvalue weighted by atomic mass is 10.1. The zero-order valence-electron chi connectivity index (χ0n) is 10.9. The Kier molecular flexibility index (Phi) is 4.14. The van der Waals surface area contributed by atoms with Gasteiger partial charge in [0.1, 0.15) is 18.0 Å². The SMILES string of the molecule is N#Cc1ccc(CNc2ccc(C#N)c(C#N)c2)c(F)c1. The highest BCUT2D eigenvalue weighted by molar-refractivity contribution is 5.56. The maximum Gasteiger partial charge on any atom is 0.129 e. The van der Waals surface area contributed by atoms with Crippen molar-refractivity contribution < 1.29 is 4.39 Å². The lowest BCUT2D eigenvalue weighted by Gasteiger charge is -2.08. The van der Waals surface area contributed by atoms with Crippen LogP contribution in [0, 0.1) is 39.8 Å². The van der Waals surface area contributed by atoms with E-state index >= 15 is 0 Å². The topological polar surface area (TPSA) is 83.4 Å². The van der Waals surface area contributed by atoms with Crippen LogP contribution in [0.1, 0.15) is 22.3 Å². The molecule has 2 aromatic carbocycles. The molecule has 5 heteroatoms. The summed E-state index contributed by atoms with van der Waals surface area (Å²) < 4.78 is 13.7. The second-order valence-corrected chi connectivity index (χ2v) is 4.26. The zero-order chi connectivity index (χ0) is 15.2. The summed E-state index contributed by atoms with van der Waals surface area (Å²) in [4.78, 5) is 0.